The lowest BCUT2D eigenvalue weighted by atomic mass is 10.3. The van der Waals surface area contributed by atoms with Crippen molar-refractivity contribution < 1.29 is 9.53 Å². The average molecular weight is 236 g/mol. The van der Waals surface area contributed by atoms with E-state index in [0.29, 0.717) is 0 Å². The van der Waals surface area contributed by atoms with Crippen molar-refractivity contribution in [2.75, 3.05) is 12.9 Å². The van der Waals surface area contributed by atoms with E-state index < -0.39 is 0 Å². The highest BCUT2D eigenvalue weighted by Gasteiger charge is 2.00. The summed E-state index contributed by atoms with van der Waals surface area (Å²) in [6.07, 6.45) is 4.41. The highest BCUT2D eigenvalue weighted by molar-refractivity contribution is 7.99. The Bertz CT molecular complexity index is 372. The zero-order chi connectivity index (χ0) is 11.8. The van der Waals surface area contributed by atoms with Crippen LogP contribution in [0.25, 0.3) is 0 Å². The molecule has 3 heteroatoms. The number of hydrogen-bond acceptors (Lipinski definition) is 3. The van der Waals surface area contributed by atoms with Crippen LogP contribution < -0.4 is 4.74 Å². The van der Waals surface area contributed by atoms with Gasteiger partial charge < -0.3 is 4.74 Å². The van der Waals surface area contributed by atoms with E-state index >= 15 is 0 Å². The van der Waals surface area contributed by atoms with Crippen molar-refractivity contribution >= 4 is 17.5 Å². The van der Waals surface area contributed by atoms with Gasteiger partial charge in [-0.1, -0.05) is 18.2 Å². The number of thioether (sulfide) groups is 1. The summed E-state index contributed by atoms with van der Waals surface area (Å²) in [5, 5.41) is 0. The maximum Gasteiger partial charge on any atom is 0.152 e. The Labute approximate surface area is 101 Å². The second kappa shape index (κ2) is 7.12. The molecule has 86 valence electrons. The smallest absolute Gasteiger partial charge is 0.152 e. The fourth-order valence-corrected chi connectivity index (χ4v) is 2.17. The van der Waals surface area contributed by atoms with Crippen LogP contribution in [0.1, 0.15) is 13.3 Å². The van der Waals surface area contributed by atoms with Crippen LogP contribution in [0.2, 0.25) is 0 Å². The van der Waals surface area contributed by atoms with Crippen LogP contribution in [-0.2, 0) is 4.79 Å². The van der Waals surface area contributed by atoms with Crippen molar-refractivity contribution in [2.45, 2.75) is 18.2 Å². The van der Waals surface area contributed by atoms with Gasteiger partial charge in [-0.05, 0) is 31.6 Å². The van der Waals surface area contributed by atoms with E-state index in [-0.39, 0.29) is 5.78 Å². The van der Waals surface area contributed by atoms with Crippen molar-refractivity contribution in [3.05, 3.63) is 36.4 Å². The number of benzene rings is 1. The van der Waals surface area contributed by atoms with Crippen LogP contribution in [0.4, 0.5) is 0 Å². The summed E-state index contributed by atoms with van der Waals surface area (Å²) in [4.78, 5) is 11.8. The zero-order valence-electron chi connectivity index (χ0n) is 9.60. The van der Waals surface area contributed by atoms with Crippen molar-refractivity contribution in [3.63, 3.8) is 0 Å². The summed E-state index contributed by atoms with van der Waals surface area (Å²) in [6, 6.07) is 7.95. The first-order chi connectivity index (χ1) is 7.74. The molecule has 0 aliphatic heterocycles. The molecular formula is C13H16O2S. The zero-order valence-corrected chi connectivity index (χ0v) is 10.4. The van der Waals surface area contributed by atoms with Gasteiger partial charge in [-0.3, -0.25) is 4.79 Å². The van der Waals surface area contributed by atoms with E-state index in [4.69, 9.17) is 4.74 Å². The first-order valence-electron chi connectivity index (χ1n) is 5.17. The molecule has 0 fully saturated rings. The van der Waals surface area contributed by atoms with Crippen molar-refractivity contribution in [1.82, 2.24) is 0 Å². The fourth-order valence-electron chi connectivity index (χ4n) is 1.22. The van der Waals surface area contributed by atoms with E-state index in [0.717, 1.165) is 22.8 Å². The molecule has 0 spiro atoms. The molecule has 2 nitrogen and oxygen atoms in total. The summed E-state index contributed by atoms with van der Waals surface area (Å²) in [6.45, 7) is 1.56. The first-order valence-corrected chi connectivity index (χ1v) is 6.15. The lowest BCUT2D eigenvalue weighted by Crippen LogP contribution is -1.86. The Morgan fingerprint density at radius 1 is 1.44 bits per heavy atom. The lowest BCUT2D eigenvalue weighted by molar-refractivity contribution is -0.112. The van der Waals surface area contributed by atoms with E-state index in [2.05, 4.69) is 0 Å². The highest BCUT2D eigenvalue weighted by Crippen LogP contribution is 2.28. The quantitative estimate of drug-likeness (QED) is 0.430. The number of hydrogen-bond donors (Lipinski definition) is 0. The molecule has 0 aromatic heterocycles. The van der Waals surface area contributed by atoms with E-state index in [1.807, 2.05) is 30.3 Å². The van der Waals surface area contributed by atoms with Gasteiger partial charge in [-0.2, -0.15) is 0 Å². The number of ether oxygens (including phenoxy) is 1. The number of para-hydroxylation sites is 1. The molecular weight excluding hydrogens is 220 g/mol. The first kappa shape index (κ1) is 12.8. The third-order valence-corrected chi connectivity index (χ3v) is 3.05. The van der Waals surface area contributed by atoms with E-state index in [1.54, 1.807) is 31.9 Å². The molecule has 0 unspecified atom stereocenters. The molecule has 0 saturated carbocycles. The Morgan fingerprint density at radius 3 is 2.88 bits per heavy atom. The molecule has 1 rings (SSSR count). The van der Waals surface area contributed by atoms with Crippen LogP contribution in [0.3, 0.4) is 0 Å². The molecule has 0 N–H and O–H groups in total. The summed E-state index contributed by atoms with van der Waals surface area (Å²) in [5.74, 6) is 1.95. The second-order valence-corrected chi connectivity index (χ2v) is 4.44. The van der Waals surface area contributed by atoms with Gasteiger partial charge in [0.25, 0.3) is 0 Å². The molecule has 0 amide bonds. The number of allylic oxidation sites excluding steroid dienone is 2. The average Bonchev–Trinajstić information content (AvgIpc) is 2.29. The minimum absolute atomic E-state index is 0.0993. The van der Waals surface area contributed by atoms with E-state index in [1.165, 1.54) is 0 Å². The standard InChI is InChI=1S/C13H16O2S/c1-11(14)7-5-6-10-16-13-9-4-3-8-12(13)15-2/h3-5,7-9H,6,10H2,1-2H3/b7-5+. The number of ketones is 1. The second-order valence-electron chi connectivity index (χ2n) is 3.30. The summed E-state index contributed by atoms with van der Waals surface area (Å²) in [7, 11) is 1.68. The molecule has 0 radical (unpaired) electrons. The molecule has 16 heavy (non-hydrogen) atoms. The molecule has 0 aliphatic carbocycles. The monoisotopic (exact) mass is 236 g/mol. The van der Waals surface area contributed by atoms with Gasteiger partial charge in [-0.15, -0.1) is 11.8 Å². The summed E-state index contributed by atoms with van der Waals surface area (Å²) < 4.78 is 5.25. The number of methoxy groups -OCH3 is 1. The Hall–Kier alpha value is -1.22. The SMILES string of the molecule is COc1ccccc1SCC/C=C/C(C)=O. The normalized spacial score (nSPS) is 10.6. The van der Waals surface area contributed by atoms with E-state index in [9.17, 15) is 4.79 Å². The third-order valence-electron chi connectivity index (χ3n) is 1.96. The lowest BCUT2D eigenvalue weighted by Gasteiger charge is -2.06. The predicted molar refractivity (Wildman–Crippen MR) is 68.2 cm³/mol. The molecule has 1 aromatic rings. The van der Waals surface area contributed by atoms with Gasteiger partial charge in [0, 0.05) is 10.6 Å². The largest absolute Gasteiger partial charge is 0.496 e. The predicted octanol–water partition coefficient (Wildman–Crippen LogP) is 3.32. The molecule has 0 saturated heterocycles. The maximum absolute atomic E-state index is 10.7. The van der Waals surface area contributed by atoms with Gasteiger partial charge in [0.1, 0.15) is 5.75 Å². The minimum atomic E-state index is 0.0993. The molecule has 0 aliphatic rings. The van der Waals surface area contributed by atoms with Crippen molar-refractivity contribution in [2.24, 2.45) is 0 Å². The van der Waals surface area contributed by atoms with Crippen molar-refractivity contribution in [1.29, 1.82) is 0 Å². The summed E-state index contributed by atoms with van der Waals surface area (Å²) in [5.41, 5.74) is 0. The molecule has 0 bridgehead atoms. The Balaban J connectivity index is 2.40. The van der Waals surface area contributed by atoms with Crippen LogP contribution in [0.5, 0.6) is 5.75 Å². The van der Waals surface area contributed by atoms with Crippen molar-refractivity contribution in [3.8, 4) is 5.75 Å². The fraction of sp³-hybridized carbons (Fsp3) is 0.308. The van der Waals surface area contributed by atoms with Gasteiger partial charge >= 0.3 is 0 Å². The summed E-state index contributed by atoms with van der Waals surface area (Å²) >= 11 is 1.74. The molecule has 1 aromatic carbocycles. The third kappa shape index (κ3) is 4.53. The Morgan fingerprint density at radius 2 is 2.19 bits per heavy atom. The topological polar surface area (TPSA) is 26.3 Å². The van der Waals surface area contributed by atoms with Crippen LogP contribution in [0, 0.1) is 0 Å². The highest BCUT2D eigenvalue weighted by atomic mass is 32.2. The minimum Gasteiger partial charge on any atom is -0.496 e. The molecule has 0 atom stereocenters. The number of carbonyl (C=O) groups excluding carboxylic acids is 1. The number of rotatable bonds is 6. The molecule has 0 heterocycles. The van der Waals surface area contributed by atoms with Gasteiger partial charge in [0.15, 0.2) is 5.78 Å². The maximum atomic E-state index is 10.7. The Kier molecular flexibility index (Phi) is 5.72. The van der Waals surface area contributed by atoms with Gasteiger partial charge in [0.05, 0.1) is 7.11 Å². The van der Waals surface area contributed by atoms with Crippen LogP contribution in [0.15, 0.2) is 41.3 Å². The van der Waals surface area contributed by atoms with Crippen LogP contribution >= 0.6 is 11.8 Å². The van der Waals surface area contributed by atoms with Gasteiger partial charge in [-0.25, -0.2) is 0 Å². The van der Waals surface area contributed by atoms with Gasteiger partial charge in [0.2, 0.25) is 0 Å². The number of carbonyl (C=O) groups is 1. The van der Waals surface area contributed by atoms with Crippen LogP contribution in [-0.4, -0.2) is 18.6 Å².